The van der Waals surface area contributed by atoms with Crippen molar-refractivity contribution in [2.75, 3.05) is 31.2 Å². The van der Waals surface area contributed by atoms with Gasteiger partial charge in [0.25, 0.3) is 5.91 Å². The lowest BCUT2D eigenvalue weighted by atomic mass is 9.97. The molecule has 4 rings (SSSR count). The SMILES string of the molecule is CCOc1ccc(C(=O)c2ccccc2C(=O)NCc2ccnc(N3CCCC3)c2)cc1OCC. The van der Waals surface area contributed by atoms with Crippen LogP contribution in [0, 0.1) is 0 Å². The molecule has 0 spiro atoms. The Labute approximate surface area is 206 Å². The zero-order chi connectivity index (χ0) is 24.6. The van der Waals surface area contributed by atoms with E-state index in [9.17, 15) is 9.59 Å². The van der Waals surface area contributed by atoms with Crippen molar-refractivity contribution in [1.82, 2.24) is 10.3 Å². The predicted molar refractivity (Wildman–Crippen MR) is 136 cm³/mol. The number of rotatable bonds is 10. The smallest absolute Gasteiger partial charge is 0.252 e. The van der Waals surface area contributed by atoms with Crippen molar-refractivity contribution in [3.63, 3.8) is 0 Å². The van der Waals surface area contributed by atoms with Gasteiger partial charge in [-0.2, -0.15) is 0 Å². The highest BCUT2D eigenvalue weighted by molar-refractivity contribution is 6.15. The van der Waals surface area contributed by atoms with Gasteiger partial charge in [-0.05, 0) is 68.7 Å². The number of ether oxygens (including phenoxy) is 2. The Morgan fingerprint density at radius 1 is 0.914 bits per heavy atom. The highest BCUT2D eigenvalue weighted by atomic mass is 16.5. The first-order valence-corrected chi connectivity index (χ1v) is 12.1. The third-order valence-corrected chi connectivity index (χ3v) is 5.91. The molecule has 0 unspecified atom stereocenters. The fourth-order valence-electron chi connectivity index (χ4n) is 4.19. The second-order valence-electron chi connectivity index (χ2n) is 8.30. The summed E-state index contributed by atoms with van der Waals surface area (Å²) >= 11 is 0. The summed E-state index contributed by atoms with van der Waals surface area (Å²) in [6.07, 6.45) is 4.12. The number of carbonyl (C=O) groups is 2. The minimum absolute atomic E-state index is 0.250. The Balaban J connectivity index is 1.51. The average molecular weight is 474 g/mol. The van der Waals surface area contributed by atoms with E-state index in [0.29, 0.717) is 47.9 Å². The number of benzene rings is 2. The van der Waals surface area contributed by atoms with Gasteiger partial charge in [-0.1, -0.05) is 18.2 Å². The highest BCUT2D eigenvalue weighted by Gasteiger charge is 2.20. The fourth-order valence-corrected chi connectivity index (χ4v) is 4.19. The molecule has 2 aromatic carbocycles. The van der Waals surface area contributed by atoms with Crippen LogP contribution in [-0.2, 0) is 6.54 Å². The van der Waals surface area contributed by atoms with Gasteiger partial charge < -0.3 is 19.7 Å². The molecular formula is C28H31N3O4. The number of anilines is 1. The molecular weight excluding hydrogens is 442 g/mol. The quantitative estimate of drug-likeness (QED) is 0.432. The zero-order valence-corrected chi connectivity index (χ0v) is 20.3. The average Bonchev–Trinajstić information content (AvgIpc) is 3.44. The molecule has 1 N–H and O–H groups in total. The Kier molecular flexibility index (Phi) is 7.98. The topological polar surface area (TPSA) is 80.8 Å². The van der Waals surface area contributed by atoms with E-state index in [-0.39, 0.29) is 11.7 Å². The number of hydrogen-bond donors (Lipinski definition) is 1. The van der Waals surface area contributed by atoms with Gasteiger partial charge in [0.05, 0.1) is 18.8 Å². The molecule has 1 amide bonds. The predicted octanol–water partition coefficient (Wildman–Crippen LogP) is 4.64. The van der Waals surface area contributed by atoms with E-state index in [1.54, 1.807) is 48.7 Å². The van der Waals surface area contributed by atoms with Gasteiger partial charge in [0.1, 0.15) is 5.82 Å². The standard InChI is InChI=1S/C28H31N3O4/c1-3-34-24-12-11-21(18-25(24)35-4-2)27(32)22-9-5-6-10-23(22)28(33)30-19-20-13-14-29-26(17-20)31-15-7-8-16-31/h5-6,9-14,17-18H,3-4,7-8,15-16,19H2,1-2H3,(H,30,33). The van der Waals surface area contributed by atoms with Crippen molar-refractivity contribution in [2.24, 2.45) is 0 Å². The van der Waals surface area contributed by atoms with Gasteiger partial charge in [0.2, 0.25) is 0 Å². The Bertz CT molecular complexity index is 1190. The number of ketones is 1. The van der Waals surface area contributed by atoms with E-state index >= 15 is 0 Å². The molecule has 2 heterocycles. The van der Waals surface area contributed by atoms with Gasteiger partial charge >= 0.3 is 0 Å². The minimum Gasteiger partial charge on any atom is -0.490 e. The van der Waals surface area contributed by atoms with E-state index in [1.807, 2.05) is 26.0 Å². The molecule has 1 fully saturated rings. The Morgan fingerprint density at radius 2 is 1.63 bits per heavy atom. The zero-order valence-electron chi connectivity index (χ0n) is 20.3. The summed E-state index contributed by atoms with van der Waals surface area (Å²) in [6.45, 7) is 7.08. The lowest BCUT2D eigenvalue weighted by Gasteiger charge is -2.17. The van der Waals surface area contributed by atoms with Crippen LogP contribution in [0.4, 0.5) is 5.82 Å². The summed E-state index contributed by atoms with van der Waals surface area (Å²) in [4.78, 5) is 33.2. The second-order valence-corrected chi connectivity index (χ2v) is 8.30. The molecule has 1 aliphatic rings. The van der Waals surface area contributed by atoms with Crippen LogP contribution in [-0.4, -0.2) is 43.0 Å². The van der Waals surface area contributed by atoms with Crippen molar-refractivity contribution in [3.8, 4) is 11.5 Å². The van der Waals surface area contributed by atoms with Gasteiger partial charge in [-0.15, -0.1) is 0 Å². The number of amides is 1. The van der Waals surface area contributed by atoms with Crippen LogP contribution in [0.1, 0.15) is 58.5 Å². The fraction of sp³-hybridized carbons (Fsp3) is 0.321. The second kappa shape index (κ2) is 11.5. The maximum Gasteiger partial charge on any atom is 0.252 e. The molecule has 1 aromatic heterocycles. The summed E-state index contributed by atoms with van der Waals surface area (Å²) in [7, 11) is 0. The molecule has 182 valence electrons. The van der Waals surface area contributed by atoms with Crippen LogP contribution in [0.5, 0.6) is 11.5 Å². The van der Waals surface area contributed by atoms with E-state index in [2.05, 4.69) is 15.2 Å². The lowest BCUT2D eigenvalue weighted by Crippen LogP contribution is -2.25. The van der Waals surface area contributed by atoms with E-state index in [0.717, 1.165) is 24.5 Å². The van der Waals surface area contributed by atoms with Crippen LogP contribution in [0.25, 0.3) is 0 Å². The molecule has 0 radical (unpaired) electrons. The summed E-state index contributed by atoms with van der Waals surface area (Å²) < 4.78 is 11.3. The summed E-state index contributed by atoms with van der Waals surface area (Å²) in [6, 6.07) is 15.9. The van der Waals surface area contributed by atoms with E-state index < -0.39 is 0 Å². The summed E-state index contributed by atoms with van der Waals surface area (Å²) in [5.41, 5.74) is 2.07. The number of nitrogens with one attached hydrogen (secondary N) is 1. The first-order chi connectivity index (χ1) is 17.1. The number of hydrogen-bond acceptors (Lipinski definition) is 6. The maximum absolute atomic E-state index is 13.4. The normalized spacial score (nSPS) is 12.9. The monoisotopic (exact) mass is 473 g/mol. The molecule has 0 saturated carbocycles. The van der Waals surface area contributed by atoms with Crippen molar-refractivity contribution in [3.05, 3.63) is 83.0 Å². The van der Waals surface area contributed by atoms with E-state index in [1.165, 1.54) is 12.8 Å². The molecule has 1 aliphatic heterocycles. The van der Waals surface area contributed by atoms with Gasteiger partial charge in [0.15, 0.2) is 17.3 Å². The molecule has 7 nitrogen and oxygen atoms in total. The molecule has 0 atom stereocenters. The van der Waals surface area contributed by atoms with Gasteiger partial charge in [-0.25, -0.2) is 4.98 Å². The minimum atomic E-state index is -0.301. The molecule has 0 aliphatic carbocycles. The van der Waals surface area contributed by atoms with Gasteiger partial charge in [-0.3, -0.25) is 9.59 Å². The summed E-state index contributed by atoms with van der Waals surface area (Å²) in [5.74, 6) is 1.48. The first kappa shape index (κ1) is 24.3. The number of pyridine rings is 1. The van der Waals surface area contributed by atoms with Crippen molar-refractivity contribution in [1.29, 1.82) is 0 Å². The third-order valence-electron chi connectivity index (χ3n) is 5.91. The molecule has 3 aromatic rings. The van der Waals surface area contributed by atoms with Crippen molar-refractivity contribution >= 4 is 17.5 Å². The Morgan fingerprint density at radius 3 is 2.37 bits per heavy atom. The molecule has 7 heteroatoms. The maximum atomic E-state index is 13.4. The van der Waals surface area contributed by atoms with Crippen LogP contribution >= 0.6 is 0 Å². The van der Waals surface area contributed by atoms with Crippen molar-refractivity contribution < 1.29 is 19.1 Å². The van der Waals surface area contributed by atoms with Crippen molar-refractivity contribution in [2.45, 2.75) is 33.2 Å². The molecule has 35 heavy (non-hydrogen) atoms. The van der Waals surface area contributed by atoms with E-state index in [4.69, 9.17) is 9.47 Å². The summed E-state index contributed by atoms with van der Waals surface area (Å²) in [5, 5.41) is 2.96. The van der Waals surface area contributed by atoms with Crippen LogP contribution in [0.3, 0.4) is 0 Å². The lowest BCUT2D eigenvalue weighted by molar-refractivity contribution is 0.0939. The van der Waals surface area contributed by atoms with Gasteiger partial charge in [0, 0.05) is 37.0 Å². The number of aromatic nitrogens is 1. The number of carbonyl (C=O) groups excluding carboxylic acids is 2. The number of nitrogens with zero attached hydrogens (tertiary/aromatic N) is 2. The third kappa shape index (κ3) is 5.80. The van der Waals surface area contributed by atoms with Crippen LogP contribution in [0.15, 0.2) is 60.8 Å². The van der Waals surface area contributed by atoms with Crippen LogP contribution in [0.2, 0.25) is 0 Å². The Hall–Kier alpha value is -3.87. The molecule has 1 saturated heterocycles. The largest absolute Gasteiger partial charge is 0.490 e. The van der Waals surface area contributed by atoms with Crippen LogP contribution < -0.4 is 19.7 Å². The molecule has 0 bridgehead atoms. The highest BCUT2D eigenvalue weighted by Crippen LogP contribution is 2.30. The first-order valence-electron chi connectivity index (χ1n) is 12.1.